The molecule has 2 aliphatic rings. The average Bonchev–Trinajstić information content (AvgIpc) is 3.68. The van der Waals surface area contributed by atoms with Crippen molar-refractivity contribution in [1.29, 1.82) is 0 Å². The van der Waals surface area contributed by atoms with E-state index >= 15 is 0 Å². The van der Waals surface area contributed by atoms with Gasteiger partial charge in [0.25, 0.3) is 5.56 Å². The van der Waals surface area contributed by atoms with E-state index in [1.165, 1.54) is 34.1 Å². The topological polar surface area (TPSA) is 292 Å². The molecule has 0 bridgehead atoms. The highest BCUT2D eigenvalue weighted by molar-refractivity contribution is 7.53. The maximum absolute atomic E-state index is 13.6. The number of aliphatic hydroxyl groups excluding tert-OH is 4. The number of nitrogen functional groups attached to an aromatic ring is 2. The van der Waals surface area contributed by atoms with Crippen molar-refractivity contribution in [2.75, 3.05) is 24.7 Å². The van der Waals surface area contributed by atoms with E-state index in [9.17, 15) is 34.7 Å². The van der Waals surface area contributed by atoms with Gasteiger partial charge in [-0.3, -0.25) is 18.9 Å². The molecule has 10 N–H and O–H groups in total. The predicted molar refractivity (Wildman–Crippen MR) is 137 cm³/mol. The van der Waals surface area contributed by atoms with Crippen molar-refractivity contribution < 1.29 is 43.9 Å². The molecule has 6 rings (SSSR count). The normalized spacial score (nSPS) is 31.7. The van der Waals surface area contributed by atoms with E-state index < -0.39 is 75.0 Å². The SMILES string of the molecule is Nc1nc2c(ccn2[C@@H]2OC(CO)[C@@H](O)[C@H]2P(=O)(O)OC[C@H]2OC(n3cnc4c(N)ncnc43)[C@H](O)[C@@H]2O)c(=O)[nH]1. The Morgan fingerprint density at radius 3 is 2.54 bits per heavy atom. The van der Waals surface area contributed by atoms with Gasteiger partial charge < -0.3 is 55.4 Å². The summed E-state index contributed by atoms with van der Waals surface area (Å²) in [6.45, 7) is -1.39. The van der Waals surface area contributed by atoms with Crippen molar-refractivity contribution in [2.24, 2.45) is 0 Å². The van der Waals surface area contributed by atoms with Gasteiger partial charge in [-0.15, -0.1) is 0 Å². The lowest BCUT2D eigenvalue weighted by Crippen LogP contribution is -2.36. The van der Waals surface area contributed by atoms with E-state index in [4.69, 9.17) is 25.5 Å². The second-order valence-electron chi connectivity index (χ2n) is 9.63. The van der Waals surface area contributed by atoms with Crippen LogP contribution in [0.5, 0.6) is 0 Å². The molecule has 6 heterocycles. The highest BCUT2D eigenvalue weighted by Crippen LogP contribution is 2.57. The van der Waals surface area contributed by atoms with Crippen LogP contribution in [-0.2, 0) is 18.6 Å². The van der Waals surface area contributed by atoms with Crippen LogP contribution < -0.4 is 17.0 Å². The minimum absolute atomic E-state index is 0.00422. The molecular formula is C21H26N9O10P. The van der Waals surface area contributed by atoms with Gasteiger partial charge in [0.05, 0.1) is 24.9 Å². The summed E-state index contributed by atoms with van der Waals surface area (Å²) >= 11 is 0. The van der Waals surface area contributed by atoms with E-state index in [-0.39, 0.29) is 34.0 Å². The van der Waals surface area contributed by atoms with Crippen LogP contribution in [0.15, 0.2) is 29.7 Å². The molecule has 0 spiro atoms. The van der Waals surface area contributed by atoms with Crippen LogP contribution in [0.25, 0.3) is 22.2 Å². The number of imidazole rings is 1. The lowest BCUT2D eigenvalue weighted by molar-refractivity contribution is -0.0496. The van der Waals surface area contributed by atoms with Gasteiger partial charge in [0, 0.05) is 6.20 Å². The highest BCUT2D eigenvalue weighted by atomic mass is 31.2. The minimum Gasteiger partial charge on any atom is -0.394 e. The first kappa shape index (κ1) is 27.6. The summed E-state index contributed by atoms with van der Waals surface area (Å²) in [7, 11) is -4.85. The Bertz CT molecular complexity index is 1710. The van der Waals surface area contributed by atoms with Gasteiger partial charge >= 0.3 is 7.60 Å². The zero-order valence-corrected chi connectivity index (χ0v) is 21.8. The Morgan fingerprint density at radius 1 is 1.02 bits per heavy atom. The Hall–Kier alpha value is -3.52. The molecule has 2 fully saturated rings. The summed E-state index contributed by atoms with van der Waals surface area (Å²) in [5.74, 6) is -0.131. The number of aliphatic hydroxyl groups is 4. The number of hydrogen-bond donors (Lipinski definition) is 8. The highest BCUT2D eigenvalue weighted by Gasteiger charge is 2.55. The fraction of sp³-hybridized carbons (Fsp3) is 0.476. The monoisotopic (exact) mass is 595 g/mol. The van der Waals surface area contributed by atoms with E-state index in [1.54, 1.807) is 0 Å². The van der Waals surface area contributed by atoms with Crippen LogP contribution in [-0.4, -0.2) is 109 Å². The molecule has 0 aromatic carbocycles. The molecule has 3 unspecified atom stereocenters. The zero-order valence-electron chi connectivity index (χ0n) is 20.9. The van der Waals surface area contributed by atoms with Crippen molar-refractivity contribution in [3.05, 3.63) is 35.3 Å². The first-order chi connectivity index (χ1) is 19.5. The second-order valence-corrected chi connectivity index (χ2v) is 11.6. The van der Waals surface area contributed by atoms with Gasteiger partial charge in [0.15, 0.2) is 29.6 Å². The number of rotatable bonds is 7. The Balaban J connectivity index is 1.25. The van der Waals surface area contributed by atoms with E-state index in [1.807, 2.05) is 0 Å². The summed E-state index contributed by atoms with van der Waals surface area (Å²) in [4.78, 5) is 41.7. The van der Waals surface area contributed by atoms with Crippen LogP contribution >= 0.6 is 7.60 Å². The number of aromatic nitrogens is 7. The molecule has 0 saturated carbocycles. The van der Waals surface area contributed by atoms with E-state index in [2.05, 4.69) is 24.9 Å². The van der Waals surface area contributed by atoms with Crippen LogP contribution in [0.1, 0.15) is 12.5 Å². The second kappa shape index (κ2) is 10.1. The number of nitrogens with two attached hydrogens (primary N) is 2. The van der Waals surface area contributed by atoms with Gasteiger partial charge in [0.2, 0.25) is 5.95 Å². The fourth-order valence-corrected chi connectivity index (χ4v) is 6.80. The summed E-state index contributed by atoms with van der Waals surface area (Å²) in [5, 5.41) is 42.0. The maximum atomic E-state index is 13.6. The summed E-state index contributed by atoms with van der Waals surface area (Å²) < 4.78 is 32.9. The van der Waals surface area contributed by atoms with Gasteiger partial charge in [-0.25, -0.2) is 15.0 Å². The summed E-state index contributed by atoms with van der Waals surface area (Å²) in [5.41, 5.74) is 9.70. The van der Waals surface area contributed by atoms with Gasteiger partial charge in [-0.1, -0.05) is 0 Å². The van der Waals surface area contributed by atoms with E-state index in [0.29, 0.717) is 0 Å². The summed E-state index contributed by atoms with van der Waals surface area (Å²) in [6.07, 6.45) is -6.13. The number of nitrogens with zero attached hydrogens (tertiary/aromatic N) is 6. The number of ether oxygens (including phenoxy) is 2. The van der Waals surface area contributed by atoms with Crippen LogP contribution in [0.3, 0.4) is 0 Å². The Kier molecular flexibility index (Phi) is 6.80. The molecule has 4 aromatic heterocycles. The number of aromatic amines is 1. The van der Waals surface area contributed by atoms with Gasteiger partial charge in [-0.2, -0.15) is 4.98 Å². The Labute approximate surface area is 228 Å². The maximum Gasteiger partial charge on any atom is 0.338 e. The molecule has 4 aromatic rings. The largest absolute Gasteiger partial charge is 0.394 e. The van der Waals surface area contributed by atoms with Crippen LogP contribution in [0.2, 0.25) is 0 Å². The first-order valence-corrected chi connectivity index (χ1v) is 13.9. The number of anilines is 2. The number of nitrogens with one attached hydrogen (secondary N) is 1. The molecule has 2 saturated heterocycles. The third-order valence-electron chi connectivity index (χ3n) is 7.19. The average molecular weight is 595 g/mol. The van der Waals surface area contributed by atoms with Crippen molar-refractivity contribution in [1.82, 2.24) is 34.1 Å². The minimum atomic E-state index is -4.85. The molecule has 2 aliphatic heterocycles. The van der Waals surface area contributed by atoms with Gasteiger partial charge in [-0.05, 0) is 6.07 Å². The molecule has 0 aliphatic carbocycles. The molecule has 20 heteroatoms. The smallest absolute Gasteiger partial charge is 0.338 e. The van der Waals surface area contributed by atoms with Gasteiger partial charge in [0.1, 0.15) is 48.0 Å². The molecule has 220 valence electrons. The molecule has 0 radical (unpaired) electrons. The molecule has 9 atom stereocenters. The van der Waals surface area contributed by atoms with Crippen LogP contribution in [0.4, 0.5) is 11.8 Å². The third-order valence-corrected chi connectivity index (χ3v) is 9.02. The third kappa shape index (κ3) is 4.47. The van der Waals surface area contributed by atoms with Crippen molar-refractivity contribution in [3.8, 4) is 0 Å². The zero-order chi connectivity index (χ0) is 29.2. The number of H-pyrrole nitrogens is 1. The van der Waals surface area contributed by atoms with Crippen molar-refractivity contribution in [3.63, 3.8) is 0 Å². The van der Waals surface area contributed by atoms with E-state index in [0.717, 1.165) is 0 Å². The summed E-state index contributed by atoms with van der Waals surface area (Å²) in [6, 6.07) is 1.38. The molecule has 19 nitrogen and oxygen atoms in total. The number of fused-ring (bicyclic) bond motifs is 2. The predicted octanol–water partition coefficient (Wildman–Crippen LogP) is -2.83. The Morgan fingerprint density at radius 2 is 1.78 bits per heavy atom. The molecular weight excluding hydrogens is 569 g/mol. The number of hydrogen-bond acceptors (Lipinski definition) is 15. The lowest BCUT2D eigenvalue weighted by Gasteiger charge is -2.27. The fourth-order valence-electron chi connectivity index (χ4n) is 5.15. The first-order valence-electron chi connectivity index (χ1n) is 12.2. The van der Waals surface area contributed by atoms with Crippen molar-refractivity contribution in [2.45, 2.75) is 48.6 Å². The molecule has 0 amide bonds. The lowest BCUT2D eigenvalue weighted by atomic mass is 10.1. The van der Waals surface area contributed by atoms with Crippen molar-refractivity contribution >= 4 is 41.6 Å². The quantitative estimate of drug-likeness (QED) is 0.0999. The van der Waals surface area contributed by atoms with Crippen LogP contribution in [0, 0.1) is 0 Å². The molecule has 41 heavy (non-hydrogen) atoms. The standard InChI is InChI=1S/C21H26N9O10P/c22-15-10-17(25-5-24-15)30(6-26-10)19-13(34)11(32)9(40-19)4-38-41(36,37)14-12(33)8(3-31)39-20(14)29-2-1-7-16(29)27-21(23)28-18(7)35/h1-2,5-6,8-9,11-14,19-20,31-34H,3-4H2,(H,36,37)(H2,22,24,25)(H3,23,27,28,35)/t8?,9-,11-,12-,13-,14-,19?,20-/m1/s1.